The molecule has 2 aromatic heterocycles. The summed E-state index contributed by atoms with van der Waals surface area (Å²) >= 11 is 6.05. The summed E-state index contributed by atoms with van der Waals surface area (Å²) in [7, 11) is 1.60. The number of hydrogen-bond donors (Lipinski definition) is 0. The zero-order chi connectivity index (χ0) is 20.1. The van der Waals surface area contributed by atoms with E-state index in [1.165, 1.54) is 32.8 Å². The van der Waals surface area contributed by atoms with E-state index in [9.17, 15) is 18.0 Å². The maximum Gasteiger partial charge on any atom is 0.332 e. The van der Waals surface area contributed by atoms with Gasteiger partial charge in [-0.2, -0.15) is 4.98 Å². The van der Waals surface area contributed by atoms with E-state index in [1.54, 1.807) is 18.2 Å². The van der Waals surface area contributed by atoms with Crippen LogP contribution in [-0.4, -0.2) is 34.2 Å². The fourth-order valence-corrected chi connectivity index (χ4v) is 4.71. The third-order valence-corrected chi connectivity index (χ3v) is 6.22. The maximum atomic E-state index is 13.0. The fourth-order valence-electron chi connectivity index (χ4n) is 2.94. The highest BCUT2D eigenvalue weighted by Crippen LogP contribution is 2.31. The highest BCUT2D eigenvalue weighted by Gasteiger charge is 2.27. The molecule has 0 N–H and O–H groups in total. The Labute approximate surface area is 159 Å². The van der Waals surface area contributed by atoms with Crippen molar-refractivity contribution >= 4 is 32.6 Å². The zero-order valence-electron chi connectivity index (χ0n) is 15.1. The number of fused-ring (bicyclic) bond motifs is 1. The van der Waals surface area contributed by atoms with Crippen molar-refractivity contribution in [3.8, 4) is 5.75 Å². The zero-order valence-corrected chi connectivity index (χ0v) is 16.6. The number of rotatable bonds is 4. The van der Waals surface area contributed by atoms with Gasteiger partial charge >= 0.3 is 5.69 Å². The Morgan fingerprint density at radius 3 is 2.41 bits per heavy atom. The van der Waals surface area contributed by atoms with E-state index in [4.69, 9.17) is 16.3 Å². The molecular formula is C16H17ClN4O5S. The molecule has 144 valence electrons. The highest BCUT2D eigenvalue weighted by molar-refractivity contribution is 7.90. The number of hydrogen-bond acceptors (Lipinski definition) is 6. The highest BCUT2D eigenvalue weighted by atomic mass is 35.5. The van der Waals surface area contributed by atoms with E-state index in [1.807, 2.05) is 0 Å². The number of ether oxygens (including phenoxy) is 1. The molecule has 0 aliphatic rings. The predicted octanol–water partition coefficient (Wildman–Crippen LogP) is 0.607. The second-order valence-electron chi connectivity index (χ2n) is 6.02. The lowest BCUT2D eigenvalue weighted by molar-refractivity contribution is 0.411. The molecule has 0 fully saturated rings. The summed E-state index contributed by atoms with van der Waals surface area (Å²) in [5, 5.41) is -0.0377. The van der Waals surface area contributed by atoms with Crippen LogP contribution in [0.2, 0.25) is 5.02 Å². The number of para-hydroxylation sites is 1. The Balaban J connectivity index is 2.24. The van der Waals surface area contributed by atoms with Crippen molar-refractivity contribution < 1.29 is 13.2 Å². The number of sulfone groups is 1. The first-order valence-corrected chi connectivity index (χ1v) is 9.79. The summed E-state index contributed by atoms with van der Waals surface area (Å²) in [6.07, 6.45) is 0. The van der Waals surface area contributed by atoms with Gasteiger partial charge in [0.25, 0.3) is 5.56 Å². The minimum atomic E-state index is -3.96. The SMILES string of the molecule is COc1c(Cl)cccc1CS(=O)(=O)c1nc2c(c(=O)n(C)c(=O)n2C)n1C. The quantitative estimate of drug-likeness (QED) is 0.621. The van der Waals surface area contributed by atoms with Gasteiger partial charge < -0.3 is 9.30 Å². The molecule has 0 saturated heterocycles. The van der Waals surface area contributed by atoms with Gasteiger partial charge in [0.1, 0.15) is 5.75 Å². The lowest BCUT2D eigenvalue weighted by Gasteiger charge is -2.10. The van der Waals surface area contributed by atoms with Crippen molar-refractivity contribution in [3.63, 3.8) is 0 Å². The van der Waals surface area contributed by atoms with Crippen LogP contribution >= 0.6 is 11.6 Å². The van der Waals surface area contributed by atoms with Crippen molar-refractivity contribution in [1.82, 2.24) is 18.7 Å². The summed E-state index contributed by atoms with van der Waals surface area (Å²) in [4.78, 5) is 28.6. The van der Waals surface area contributed by atoms with Crippen LogP contribution in [0.3, 0.4) is 0 Å². The average molecular weight is 413 g/mol. The molecule has 0 aliphatic carbocycles. The lowest BCUT2D eigenvalue weighted by Crippen LogP contribution is -2.37. The first-order valence-electron chi connectivity index (χ1n) is 7.76. The molecule has 9 nitrogen and oxygen atoms in total. The van der Waals surface area contributed by atoms with E-state index in [2.05, 4.69) is 4.98 Å². The van der Waals surface area contributed by atoms with Crippen LogP contribution in [0.4, 0.5) is 0 Å². The molecule has 0 atom stereocenters. The van der Waals surface area contributed by atoms with Crippen molar-refractivity contribution in [1.29, 1.82) is 0 Å². The third-order valence-electron chi connectivity index (χ3n) is 4.31. The summed E-state index contributed by atoms with van der Waals surface area (Å²) in [6, 6.07) is 4.79. The summed E-state index contributed by atoms with van der Waals surface area (Å²) in [5.41, 5.74) is -0.826. The second-order valence-corrected chi connectivity index (χ2v) is 8.31. The van der Waals surface area contributed by atoms with Crippen LogP contribution in [0, 0.1) is 0 Å². The molecule has 0 aliphatic heterocycles. The van der Waals surface area contributed by atoms with Gasteiger partial charge in [-0.25, -0.2) is 13.2 Å². The normalized spacial score (nSPS) is 11.9. The number of nitrogens with zero attached hydrogens (tertiary/aromatic N) is 4. The van der Waals surface area contributed by atoms with Crippen molar-refractivity contribution in [2.75, 3.05) is 7.11 Å². The molecule has 27 heavy (non-hydrogen) atoms. The average Bonchev–Trinajstić information content (AvgIpc) is 2.96. The Morgan fingerprint density at radius 2 is 1.78 bits per heavy atom. The van der Waals surface area contributed by atoms with Gasteiger partial charge in [0.2, 0.25) is 15.0 Å². The molecule has 0 bridgehead atoms. The van der Waals surface area contributed by atoms with E-state index in [0.717, 1.165) is 9.13 Å². The summed E-state index contributed by atoms with van der Waals surface area (Å²) < 4.78 is 34.4. The van der Waals surface area contributed by atoms with Crippen molar-refractivity contribution in [2.24, 2.45) is 21.1 Å². The van der Waals surface area contributed by atoms with Gasteiger partial charge in [-0.1, -0.05) is 23.7 Å². The molecular weight excluding hydrogens is 396 g/mol. The van der Waals surface area contributed by atoms with Gasteiger partial charge in [0.05, 0.1) is 17.9 Å². The van der Waals surface area contributed by atoms with Crippen molar-refractivity contribution in [3.05, 3.63) is 49.6 Å². The number of halogens is 1. The number of methoxy groups -OCH3 is 1. The second kappa shape index (κ2) is 6.54. The molecule has 0 radical (unpaired) electrons. The summed E-state index contributed by atoms with van der Waals surface area (Å²) in [5.74, 6) is -0.174. The van der Waals surface area contributed by atoms with E-state index < -0.39 is 26.8 Å². The van der Waals surface area contributed by atoms with Gasteiger partial charge in [-0.15, -0.1) is 0 Å². The van der Waals surface area contributed by atoms with E-state index >= 15 is 0 Å². The minimum Gasteiger partial charge on any atom is -0.495 e. The number of imidazole rings is 1. The van der Waals surface area contributed by atoms with E-state index in [-0.39, 0.29) is 27.1 Å². The topological polar surface area (TPSA) is 105 Å². The summed E-state index contributed by atoms with van der Waals surface area (Å²) in [6.45, 7) is 0. The largest absolute Gasteiger partial charge is 0.495 e. The van der Waals surface area contributed by atoms with Crippen LogP contribution in [0.25, 0.3) is 11.2 Å². The molecule has 3 rings (SSSR count). The Morgan fingerprint density at radius 1 is 1.11 bits per heavy atom. The first kappa shape index (κ1) is 19.2. The van der Waals surface area contributed by atoms with Crippen LogP contribution in [-0.2, 0) is 36.7 Å². The van der Waals surface area contributed by atoms with Crippen LogP contribution in [0.1, 0.15) is 5.56 Å². The minimum absolute atomic E-state index is 0.00207. The first-order chi connectivity index (χ1) is 12.6. The molecule has 3 aromatic rings. The molecule has 0 saturated carbocycles. The van der Waals surface area contributed by atoms with E-state index in [0.29, 0.717) is 5.56 Å². The lowest BCUT2D eigenvalue weighted by atomic mass is 10.2. The van der Waals surface area contributed by atoms with Crippen molar-refractivity contribution in [2.45, 2.75) is 10.9 Å². The van der Waals surface area contributed by atoms with Crippen LogP contribution < -0.4 is 16.0 Å². The fraction of sp³-hybridized carbons (Fsp3) is 0.312. The van der Waals surface area contributed by atoms with Gasteiger partial charge in [0, 0.05) is 26.7 Å². The Kier molecular flexibility index (Phi) is 4.64. The molecule has 0 unspecified atom stereocenters. The smallest absolute Gasteiger partial charge is 0.332 e. The number of benzene rings is 1. The van der Waals surface area contributed by atoms with Gasteiger partial charge in [-0.05, 0) is 6.07 Å². The number of aromatic nitrogens is 4. The molecule has 11 heteroatoms. The molecule has 1 aromatic carbocycles. The van der Waals surface area contributed by atoms with Crippen LogP contribution in [0.5, 0.6) is 5.75 Å². The predicted molar refractivity (Wildman–Crippen MR) is 100 cm³/mol. The third kappa shape index (κ3) is 2.94. The Hall–Kier alpha value is -2.59. The number of aryl methyl sites for hydroxylation is 2. The monoisotopic (exact) mass is 412 g/mol. The van der Waals surface area contributed by atoms with Gasteiger partial charge in [0.15, 0.2) is 11.2 Å². The Bertz CT molecular complexity index is 1290. The maximum absolute atomic E-state index is 13.0. The molecule has 0 spiro atoms. The standard InChI is InChI=1S/C16H17ClN4O5S/c1-19-11-13(20(2)16(23)21(3)14(11)22)18-15(19)27(24,25)8-9-6-5-7-10(17)12(9)26-4/h5-7H,8H2,1-4H3. The molecule has 2 heterocycles. The van der Waals surface area contributed by atoms with Gasteiger partial charge in [-0.3, -0.25) is 13.9 Å². The molecule has 0 amide bonds. The van der Waals surface area contributed by atoms with Crippen LogP contribution in [0.15, 0.2) is 32.9 Å².